The number of hydrogen-bond donors (Lipinski definition) is 1. The number of halogens is 4. The van der Waals surface area contributed by atoms with Crippen LogP contribution in [0.25, 0.3) is 22.4 Å². The molecule has 3 aromatic rings. The van der Waals surface area contributed by atoms with E-state index in [1.54, 1.807) is 0 Å². The fourth-order valence-electron chi connectivity index (χ4n) is 3.63. The van der Waals surface area contributed by atoms with Gasteiger partial charge in [-0.2, -0.15) is 17.6 Å². The lowest BCUT2D eigenvalue weighted by Gasteiger charge is -2.11. The van der Waals surface area contributed by atoms with Crippen LogP contribution < -0.4 is 15.0 Å². The largest absolute Gasteiger partial charge is 0.435 e. The molecule has 0 unspecified atom stereocenters. The number of aromatic nitrogens is 2. The molecule has 0 radical (unpaired) electrons. The van der Waals surface area contributed by atoms with Crippen LogP contribution in [0.15, 0.2) is 23.0 Å². The molecule has 2 heterocycles. The van der Waals surface area contributed by atoms with Crippen molar-refractivity contribution in [3.63, 3.8) is 0 Å². The molecule has 1 aliphatic rings. The second-order valence-electron chi connectivity index (χ2n) is 6.99. The van der Waals surface area contributed by atoms with Gasteiger partial charge in [-0.25, -0.2) is 4.98 Å². The van der Waals surface area contributed by atoms with E-state index in [1.165, 1.54) is 40.5 Å². The highest BCUT2D eigenvalue weighted by atomic mass is 32.1. The lowest BCUT2D eigenvalue weighted by Crippen LogP contribution is -2.10. The number of hydrogen-bond acceptors (Lipinski definition) is 5. The molecule has 0 amide bonds. The second-order valence-corrected chi connectivity index (χ2v) is 8.07. The number of thiophene rings is 1. The van der Waals surface area contributed by atoms with Gasteiger partial charge in [-0.1, -0.05) is 6.42 Å². The third-order valence-corrected chi connectivity index (χ3v) is 6.13. The zero-order valence-corrected chi connectivity index (χ0v) is 17.0. The summed E-state index contributed by atoms with van der Waals surface area (Å²) < 4.78 is 58.9. The topological polar surface area (TPSA) is 64.2 Å². The summed E-state index contributed by atoms with van der Waals surface area (Å²) in [5, 5.41) is 0.620. The third kappa shape index (κ3) is 4.90. The van der Waals surface area contributed by atoms with E-state index in [9.17, 15) is 22.4 Å². The van der Waals surface area contributed by atoms with Crippen LogP contribution in [0, 0.1) is 0 Å². The average molecular weight is 454 g/mol. The molecule has 4 rings (SSSR count). The molecule has 31 heavy (non-hydrogen) atoms. The highest BCUT2D eigenvalue weighted by molar-refractivity contribution is 7.18. The van der Waals surface area contributed by atoms with Crippen molar-refractivity contribution in [1.82, 2.24) is 9.97 Å². The number of H-pyrrole nitrogens is 1. The molecule has 2 aromatic heterocycles. The molecule has 10 heteroatoms. The fourth-order valence-corrected chi connectivity index (χ4v) is 4.90. The maximum atomic E-state index is 12.7. The number of aromatic amines is 1. The molecular formula is C21H18F4N2O3S. The zero-order valence-electron chi connectivity index (χ0n) is 16.2. The van der Waals surface area contributed by atoms with Gasteiger partial charge in [-0.05, 0) is 55.5 Å². The number of nitrogens with zero attached hydrogens (tertiary/aromatic N) is 1. The normalized spacial score (nSPS) is 14.4. The summed E-state index contributed by atoms with van der Waals surface area (Å²) in [6.07, 6.45) is 7.92. The van der Waals surface area contributed by atoms with E-state index in [-0.39, 0.29) is 28.4 Å². The van der Waals surface area contributed by atoms with Crippen molar-refractivity contribution in [1.29, 1.82) is 0 Å². The summed E-state index contributed by atoms with van der Waals surface area (Å²) in [6.45, 7) is -6.24. The lowest BCUT2D eigenvalue weighted by atomic mass is 10.1. The Hall–Kier alpha value is -2.88. The summed E-state index contributed by atoms with van der Waals surface area (Å²) in [6, 6.07) is 3.46. The van der Waals surface area contributed by atoms with Crippen LogP contribution >= 0.6 is 11.3 Å². The molecule has 1 N–H and O–H groups in total. The maximum absolute atomic E-state index is 12.7. The van der Waals surface area contributed by atoms with Gasteiger partial charge in [0.15, 0.2) is 0 Å². The molecule has 1 aromatic carbocycles. The van der Waals surface area contributed by atoms with Gasteiger partial charge in [0, 0.05) is 16.5 Å². The molecule has 0 atom stereocenters. The van der Waals surface area contributed by atoms with Crippen molar-refractivity contribution < 1.29 is 27.0 Å². The molecule has 0 bridgehead atoms. The Morgan fingerprint density at radius 1 is 1.03 bits per heavy atom. The molecule has 164 valence electrons. The van der Waals surface area contributed by atoms with Crippen LogP contribution in [0.5, 0.6) is 11.5 Å². The molecule has 0 saturated heterocycles. The number of alkyl halides is 4. The minimum atomic E-state index is -3.15. The van der Waals surface area contributed by atoms with Crippen molar-refractivity contribution in [2.75, 3.05) is 0 Å². The third-order valence-electron chi connectivity index (χ3n) is 4.94. The first-order valence-electron chi connectivity index (χ1n) is 9.67. The highest BCUT2D eigenvalue weighted by Crippen LogP contribution is 2.33. The van der Waals surface area contributed by atoms with E-state index < -0.39 is 13.2 Å². The molecule has 0 spiro atoms. The standard InChI is InChI=1S/C21H18F4N2O3S/c22-20(23)29-12-8-6-11(14(10-12)30-21(24)25)7-9-16-26-18(28)17-13-4-2-1-3-5-15(13)31-19(17)27-16/h6-10,20-21H,1-5H2,(H,26,27,28)/b9-7+. The number of fused-ring (bicyclic) bond motifs is 3. The van der Waals surface area contributed by atoms with E-state index in [4.69, 9.17) is 0 Å². The minimum absolute atomic E-state index is 0.187. The summed E-state index contributed by atoms with van der Waals surface area (Å²) in [5.41, 5.74) is 1.02. The summed E-state index contributed by atoms with van der Waals surface area (Å²) in [4.78, 5) is 21.7. The van der Waals surface area contributed by atoms with Gasteiger partial charge < -0.3 is 14.5 Å². The van der Waals surface area contributed by atoms with E-state index >= 15 is 0 Å². The van der Waals surface area contributed by atoms with Gasteiger partial charge in [0.2, 0.25) is 0 Å². The van der Waals surface area contributed by atoms with Gasteiger partial charge in [-0.3, -0.25) is 4.79 Å². The predicted octanol–water partition coefficient (Wildman–Crippen LogP) is 5.63. The monoisotopic (exact) mass is 454 g/mol. The van der Waals surface area contributed by atoms with Crippen molar-refractivity contribution >= 4 is 33.7 Å². The fraction of sp³-hybridized carbons (Fsp3) is 0.333. The molecule has 0 aliphatic heterocycles. The van der Waals surface area contributed by atoms with Crippen LogP contribution in [0.1, 0.15) is 41.1 Å². The van der Waals surface area contributed by atoms with Gasteiger partial charge in [0.25, 0.3) is 5.56 Å². The first kappa shape index (κ1) is 21.4. The number of nitrogens with one attached hydrogen (secondary N) is 1. The van der Waals surface area contributed by atoms with Gasteiger partial charge >= 0.3 is 13.2 Å². The lowest BCUT2D eigenvalue weighted by molar-refractivity contribution is -0.0543. The van der Waals surface area contributed by atoms with Crippen molar-refractivity contribution in [2.45, 2.75) is 45.3 Å². The van der Waals surface area contributed by atoms with Gasteiger partial charge in [0.1, 0.15) is 22.2 Å². The van der Waals surface area contributed by atoms with Crippen molar-refractivity contribution in [3.8, 4) is 11.5 Å². The van der Waals surface area contributed by atoms with E-state index in [2.05, 4.69) is 19.4 Å². The predicted molar refractivity (Wildman–Crippen MR) is 110 cm³/mol. The van der Waals surface area contributed by atoms with E-state index in [0.29, 0.717) is 10.2 Å². The Labute approximate surface area is 178 Å². The van der Waals surface area contributed by atoms with Gasteiger partial charge in [0.05, 0.1) is 5.39 Å². The van der Waals surface area contributed by atoms with Crippen LogP contribution in [0.2, 0.25) is 0 Å². The van der Waals surface area contributed by atoms with Crippen LogP contribution in [-0.4, -0.2) is 23.2 Å². The Morgan fingerprint density at radius 3 is 2.58 bits per heavy atom. The Morgan fingerprint density at radius 2 is 1.81 bits per heavy atom. The molecular weight excluding hydrogens is 436 g/mol. The molecule has 0 fully saturated rings. The number of aryl methyl sites for hydroxylation is 2. The number of ether oxygens (including phenoxy) is 2. The smallest absolute Gasteiger partial charge is 0.387 e. The van der Waals surface area contributed by atoms with E-state index in [1.807, 2.05) is 0 Å². The number of rotatable bonds is 6. The van der Waals surface area contributed by atoms with Crippen LogP contribution in [0.3, 0.4) is 0 Å². The second kappa shape index (κ2) is 9.09. The minimum Gasteiger partial charge on any atom is -0.435 e. The Balaban J connectivity index is 1.67. The molecule has 0 saturated carbocycles. The van der Waals surface area contributed by atoms with Gasteiger partial charge in [-0.15, -0.1) is 11.3 Å². The Bertz CT molecular complexity index is 1170. The first-order chi connectivity index (χ1) is 14.9. The summed E-state index contributed by atoms with van der Waals surface area (Å²) in [7, 11) is 0. The SMILES string of the molecule is O=c1[nH]c(/C=C/c2ccc(OC(F)F)cc2OC(F)F)nc2sc3c(c12)CCCCC3. The van der Waals surface area contributed by atoms with E-state index in [0.717, 1.165) is 43.7 Å². The number of benzene rings is 1. The maximum Gasteiger partial charge on any atom is 0.387 e. The zero-order chi connectivity index (χ0) is 22.0. The first-order valence-corrected chi connectivity index (χ1v) is 10.5. The Kier molecular flexibility index (Phi) is 6.26. The quantitative estimate of drug-likeness (QED) is 0.388. The highest BCUT2D eigenvalue weighted by Gasteiger charge is 2.18. The van der Waals surface area contributed by atoms with Crippen molar-refractivity contribution in [2.24, 2.45) is 0 Å². The van der Waals surface area contributed by atoms with Crippen LogP contribution in [0.4, 0.5) is 17.6 Å². The molecule has 5 nitrogen and oxygen atoms in total. The average Bonchev–Trinajstić information content (AvgIpc) is 2.88. The van der Waals surface area contributed by atoms with Crippen LogP contribution in [-0.2, 0) is 12.8 Å². The summed E-state index contributed by atoms with van der Waals surface area (Å²) >= 11 is 1.51. The van der Waals surface area contributed by atoms with Crippen molar-refractivity contribution in [3.05, 3.63) is 50.4 Å². The molecule has 1 aliphatic carbocycles. The summed E-state index contributed by atoms with van der Waals surface area (Å²) in [5.74, 6) is -0.392.